The molecule has 0 saturated carbocycles. The predicted molar refractivity (Wildman–Crippen MR) is 117 cm³/mol. The number of anilines is 1. The molecule has 1 fully saturated rings. The number of nitrogens with one attached hydrogen (secondary N) is 1. The summed E-state index contributed by atoms with van der Waals surface area (Å²) in [6, 6.07) is -0.991. The largest absolute Gasteiger partial charge is 1.00 e. The minimum absolute atomic E-state index is 0. The van der Waals surface area contributed by atoms with E-state index >= 15 is 0 Å². The normalized spacial score (nSPS) is 20.1. The number of thiazole rings is 1. The van der Waals surface area contributed by atoms with Crippen molar-refractivity contribution in [1.82, 2.24) is 25.4 Å². The molecule has 4 rings (SSSR count). The SMILES string of the molecule is Cc1nnc(SCC2=C(C(=O)[O-])N3C(=O)[C@@H](NC(=O)/C(=N\O)c4csc(N)n4)[C@H]3SC2)s1.[Na+]. The number of amides is 2. The van der Waals surface area contributed by atoms with Crippen LogP contribution in [0, 0.1) is 6.92 Å². The average molecular weight is 536 g/mol. The van der Waals surface area contributed by atoms with Gasteiger partial charge in [0.25, 0.3) is 11.8 Å². The zero-order valence-electron chi connectivity index (χ0n) is 17.2. The van der Waals surface area contributed by atoms with Gasteiger partial charge in [0, 0.05) is 16.9 Å². The fourth-order valence-electron chi connectivity index (χ4n) is 3.09. The van der Waals surface area contributed by atoms with Gasteiger partial charge in [-0.2, -0.15) is 0 Å². The van der Waals surface area contributed by atoms with E-state index in [0.29, 0.717) is 21.4 Å². The van der Waals surface area contributed by atoms with E-state index in [-0.39, 0.29) is 46.1 Å². The number of hydrogen-bond donors (Lipinski definition) is 3. The van der Waals surface area contributed by atoms with Gasteiger partial charge in [-0.1, -0.05) is 28.3 Å². The van der Waals surface area contributed by atoms with Gasteiger partial charge in [-0.3, -0.25) is 14.5 Å². The van der Waals surface area contributed by atoms with Crippen LogP contribution in [0.3, 0.4) is 0 Å². The van der Waals surface area contributed by atoms with Gasteiger partial charge in [-0.15, -0.1) is 33.3 Å². The van der Waals surface area contributed by atoms with Gasteiger partial charge in [-0.25, -0.2) is 4.98 Å². The van der Waals surface area contributed by atoms with E-state index in [1.54, 1.807) is 0 Å². The van der Waals surface area contributed by atoms with Crippen LogP contribution in [0.4, 0.5) is 5.13 Å². The van der Waals surface area contributed by atoms with E-state index < -0.39 is 34.9 Å². The van der Waals surface area contributed by atoms with Crippen molar-refractivity contribution in [3.8, 4) is 0 Å². The summed E-state index contributed by atoms with van der Waals surface area (Å²) in [5.74, 6) is -2.25. The second-order valence-corrected chi connectivity index (χ2v) is 10.9. The van der Waals surface area contributed by atoms with Crippen LogP contribution in [0.2, 0.25) is 0 Å². The Morgan fingerprint density at radius 3 is 2.79 bits per heavy atom. The number of nitrogens with two attached hydrogens (primary N) is 1. The number of hydrogen-bond acceptors (Lipinski definition) is 14. The number of β-lactam (4-membered cyclic amide) rings is 1. The molecule has 0 aliphatic carbocycles. The van der Waals surface area contributed by atoms with Gasteiger partial charge in [0.05, 0.1) is 11.7 Å². The Hall–Kier alpha value is -1.69. The number of carboxylic acid groups (broad SMARTS) is 1. The number of carboxylic acids is 1. The first-order valence-electron chi connectivity index (χ1n) is 8.85. The van der Waals surface area contributed by atoms with Gasteiger partial charge < -0.3 is 26.2 Å². The number of nitrogens with zero attached hydrogens (tertiary/aromatic N) is 5. The number of carbonyl (C=O) groups excluding carboxylic acids is 3. The summed E-state index contributed by atoms with van der Waals surface area (Å²) < 4.78 is 0.693. The fraction of sp³-hybridized carbons (Fsp3) is 0.312. The number of thioether (sulfide) groups is 2. The van der Waals surface area contributed by atoms with E-state index in [0.717, 1.165) is 21.2 Å². The molecule has 12 nitrogen and oxygen atoms in total. The minimum Gasteiger partial charge on any atom is -0.543 e. The molecular formula is C16H14N7NaO5S4. The topological polar surface area (TPSA) is 187 Å². The molecule has 0 radical (unpaired) electrons. The predicted octanol–water partition coefficient (Wildman–Crippen LogP) is -3.74. The van der Waals surface area contributed by atoms with Crippen LogP contribution in [0.25, 0.3) is 0 Å². The Morgan fingerprint density at radius 1 is 1.45 bits per heavy atom. The van der Waals surface area contributed by atoms with Crippen molar-refractivity contribution in [3.63, 3.8) is 0 Å². The van der Waals surface area contributed by atoms with Crippen LogP contribution < -0.4 is 45.7 Å². The Kier molecular flexibility index (Phi) is 8.41. The first-order chi connectivity index (χ1) is 15.3. The van der Waals surface area contributed by atoms with Crippen LogP contribution >= 0.6 is 46.2 Å². The maximum atomic E-state index is 12.7. The molecule has 168 valence electrons. The summed E-state index contributed by atoms with van der Waals surface area (Å²) in [6.07, 6.45) is 0. The summed E-state index contributed by atoms with van der Waals surface area (Å²) in [4.78, 5) is 42.1. The molecule has 2 atom stereocenters. The van der Waals surface area contributed by atoms with Crippen molar-refractivity contribution in [3.05, 3.63) is 27.4 Å². The number of carbonyl (C=O) groups is 3. The van der Waals surface area contributed by atoms with Crippen LogP contribution in [-0.2, 0) is 14.4 Å². The van der Waals surface area contributed by atoms with Gasteiger partial charge in [0.2, 0.25) is 0 Å². The molecule has 2 aromatic rings. The van der Waals surface area contributed by atoms with Crippen molar-refractivity contribution < 1.29 is 54.3 Å². The van der Waals surface area contributed by atoms with E-state index in [9.17, 15) is 24.7 Å². The minimum atomic E-state index is -1.46. The van der Waals surface area contributed by atoms with E-state index in [4.69, 9.17) is 5.73 Å². The molecule has 0 aromatic carbocycles. The van der Waals surface area contributed by atoms with Crippen LogP contribution in [0.1, 0.15) is 10.7 Å². The van der Waals surface area contributed by atoms with Crippen molar-refractivity contribution >= 4 is 74.8 Å². The molecule has 0 unspecified atom stereocenters. The second kappa shape index (κ2) is 10.7. The van der Waals surface area contributed by atoms with E-state index in [2.05, 4.69) is 25.7 Å². The van der Waals surface area contributed by atoms with Gasteiger partial charge in [0.1, 0.15) is 22.1 Å². The van der Waals surface area contributed by atoms with Crippen molar-refractivity contribution in [2.24, 2.45) is 5.16 Å². The molecule has 2 aliphatic heterocycles. The van der Waals surface area contributed by atoms with Crippen LogP contribution in [0.5, 0.6) is 0 Å². The number of nitrogen functional groups attached to an aromatic ring is 1. The van der Waals surface area contributed by atoms with E-state index in [1.165, 1.54) is 40.2 Å². The van der Waals surface area contributed by atoms with Crippen LogP contribution in [-0.4, -0.2) is 71.7 Å². The quantitative estimate of drug-likeness (QED) is 0.0790. The maximum Gasteiger partial charge on any atom is 1.00 e. The van der Waals surface area contributed by atoms with Crippen molar-refractivity contribution in [2.45, 2.75) is 22.7 Å². The summed E-state index contributed by atoms with van der Waals surface area (Å²) >= 11 is 5.09. The van der Waals surface area contributed by atoms with Crippen molar-refractivity contribution in [1.29, 1.82) is 0 Å². The Morgan fingerprint density at radius 2 is 2.21 bits per heavy atom. The zero-order chi connectivity index (χ0) is 23.0. The fourth-order valence-corrected chi connectivity index (χ4v) is 6.94. The molecular weight excluding hydrogens is 521 g/mol. The average Bonchev–Trinajstić information content (AvgIpc) is 3.38. The van der Waals surface area contributed by atoms with Crippen molar-refractivity contribution in [2.75, 3.05) is 17.2 Å². The number of aromatic nitrogens is 3. The molecule has 0 spiro atoms. The monoisotopic (exact) mass is 535 g/mol. The van der Waals surface area contributed by atoms with Gasteiger partial charge in [-0.05, 0) is 12.5 Å². The summed E-state index contributed by atoms with van der Waals surface area (Å²) in [7, 11) is 0. The number of fused-ring (bicyclic) bond motifs is 1. The molecule has 1 saturated heterocycles. The Bertz CT molecular complexity index is 1170. The van der Waals surface area contributed by atoms with E-state index in [1.807, 2.05) is 6.92 Å². The first-order valence-corrected chi connectivity index (χ1v) is 12.6. The summed E-state index contributed by atoms with van der Waals surface area (Å²) in [5, 5.41) is 36.2. The number of aliphatic carboxylic acids is 1. The third-order valence-corrected chi connectivity index (χ3v) is 8.56. The van der Waals surface area contributed by atoms with Crippen LogP contribution in [0.15, 0.2) is 26.1 Å². The summed E-state index contributed by atoms with van der Waals surface area (Å²) in [6.45, 7) is 1.82. The molecule has 4 N–H and O–H groups in total. The molecule has 33 heavy (non-hydrogen) atoms. The summed E-state index contributed by atoms with van der Waals surface area (Å²) in [5.41, 5.74) is 5.54. The van der Waals surface area contributed by atoms with Gasteiger partial charge in [0.15, 0.2) is 15.2 Å². The maximum absolute atomic E-state index is 12.7. The second-order valence-electron chi connectivity index (χ2n) is 6.50. The molecule has 2 aliphatic rings. The third-order valence-electron chi connectivity index (χ3n) is 4.48. The Balaban J connectivity index is 0.00000306. The number of oxime groups is 1. The molecule has 2 aromatic heterocycles. The van der Waals surface area contributed by atoms with Gasteiger partial charge >= 0.3 is 29.6 Å². The first kappa shape index (κ1) is 25.9. The molecule has 17 heteroatoms. The standard InChI is InChI=1S/C16H15N7O5S4.Na/c1-5-20-21-16(32-5)31-3-6-2-29-13-9(12(25)23(13)10(6)14(26)27)19-11(24)8(22-28)7-4-30-15(17)18-7;/h4,9,13,28H,2-3H2,1H3,(H2,17,18)(H,19,24)(H,26,27);/q;+1/p-1/b22-8-;/t9-,13-;/m1./s1. The molecule has 0 bridgehead atoms. The smallest absolute Gasteiger partial charge is 0.543 e. The molecule has 2 amide bonds. The number of rotatable bonds is 7. The molecule has 4 heterocycles. The Labute approximate surface area is 225 Å². The third kappa shape index (κ3) is 5.21. The number of aryl methyl sites for hydroxylation is 1. The zero-order valence-corrected chi connectivity index (χ0v) is 22.4.